The van der Waals surface area contributed by atoms with Gasteiger partial charge in [0.05, 0.1) is 26.4 Å². The lowest BCUT2D eigenvalue weighted by molar-refractivity contribution is -0.161. The van der Waals surface area contributed by atoms with E-state index in [0.717, 1.165) is 109 Å². The summed E-state index contributed by atoms with van der Waals surface area (Å²) in [5.74, 6) is -0.634. The number of unbranched alkanes of at least 4 members (excludes halogenated alkanes) is 47. The Balaban J connectivity index is 5.13. The Labute approximate surface area is 594 Å². The Morgan fingerprint density at radius 2 is 0.474 bits per heavy atom. The van der Waals surface area contributed by atoms with Crippen LogP contribution in [0.5, 0.6) is 0 Å². The average Bonchev–Trinajstić information content (AvgIpc) is 1.49. The number of phosphoric ester groups is 2. The molecule has 0 rings (SSSR count). The maximum absolute atomic E-state index is 13.1. The van der Waals surface area contributed by atoms with Crippen molar-refractivity contribution < 1.29 is 80.2 Å². The number of phosphoric acid groups is 2. The fourth-order valence-corrected chi connectivity index (χ4v) is 13.6. The van der Waals surface area contributed by atoms with Crippen molar-refractivity contribution in [2.24, 2.45) is 11.8 Å². The number of aliphatic hydroxyl groups excluding tert-OH is 1. The molecule has 576 valence electrons. The quantitative estimate of drug-likeness (QED) is 0.0222. The number of esters is 4. The second-order valence-corrected chi connectivity index (χ2v) is 32.0. The Kier molecular flexibility index (Phi) is 68.4. The monoisotopic (exact) mass is 1420 g/mol. The smallest absolute Gasteiger partial charge is 0.462 e. The molecule has 0 saturated heterocycles. The molecule has 0 aliphatic carbocycles. The average molecular weight is 1420 g/mol. The van der Waals surface area contributed by atoms with Crippen LogP contribution in [-0.4, -0.2) is 96.7 Å². The summed E-state index contributed by atoms with van der Waals surface area (Å²) in [4.78, 5) is 72.6. The molecule has 0 aromatic rings. The first-order valence-electron chi connectivity index (χ1n) is 40.5. The molecule has 17 nitrogen and oxygen atoms in total. The highest BCUT2D eigenvalue weighted by Gasteiger charge is 2.30. The predicted octanol–water partition coefficient (Wildman–Crippen LogP) is 23.1. The molecule has 3 N–H and O–H groups in total. The highest BCUT2D eigenvalue weighted by molar-refractivity contribution is 7.47. The molecule has 0 heterocycles. The van der Waals surface area contributed by atoms with Crippen LogP contribution in [-0.2, 0) is 65.4 Å². The second-order valence-electron chi connectivity index (χ2n) is 29.1. The third-order valence-electron chi connectivity index (χ3n) is 18.2. The van der Waals surface area contributed by atoms with Crippen molar-refractivity contribution in [3.8, 4) is 0 Å². The molecule has 0 aliphatic heterocycles. The van der Waals surface area contributed by atoms with E-state index in [4.69, 9.17) is 37.0 Å². The van der Waals surface area contributed by atoms with Crippen LogP contribution < -0.4 is 0 Å². The van der Waals surface area contributed by atoms with Gasteiger partial charge in [-0.2, -0.15) is 0 Å². The molecule has 0 aromatic carbocycles. The molecule has 0 fully saturated rings. The van der Waals surface area contributed by atoms with E-state index in [-0.39, 0.29) is 25.7 Å². The van der Waals surface area contributed by atoms with E-state index >= 15 is 0 Å². The lowest BCUT2D eigenvalue weighted by Crippen LogP contribution is -2.30. The number of rotatable bonds is 77. The van der Waals surface area contributed by atoms with Gasteiger partial charge in [-0.25, -0.2) is 9.13 Å². The zero-order valence-electron chi connectivity index (χ0n) is 63.4. The summed E-state index contributed by atoms with van der Waals surface area (Å²) >= 11 is 0. The topological polar surface area (TPSA) is 237 Å². The first-order valence-corrected chi connectivity index (χ1v) is 43.5. The molecular weight excluding hydrogens is 1270 g/mol. The molecule has 0 aromatic heterocycles. The van der Waals surface area contributed by atoms with Crippen molar-refractivity contribution >= 4 is 39.5 Å². The van der Waals surface area contributed by atoms with Crippen LogP contribution in [0.4, 0.5) is 0 Å². The maximum Gasteiger partial charge on any atom is 0.472 e. The van der Waals surface area contributed by atoms with Gasteiger partial charge in [0.15, 0.2) is 12.2 Å². The largest absolute Gasteiger partial charge is 0.472 e. The van der Waals surface area contributed by atoms with Crippen molar-refractivity contribution in [1.29, 1.82) is 0 Å². The molecule has 5 atom stereocenters. The van der Waals surface area contributed by atoms with Crippen LogP contribution in [0.2, 0.25) is 0 Å². The molecule has 0 saturated carbocycles. The van der Waals surface area contributed by atoms with E-state index in [1.54, 1.807) is 0 Å². The van der Waals surface area contributed by atoms with Crippen molar-refractivity contribution in [3.05, 3.63) is 0 Å². The number of carbonyl (C=O) groups excluding carboxylic acids is 4. The summed E-state index contributed by atoms with van der Waals surface area (Å²) < 4.78 is 68.4. The van der Waals surface area contributed by atoms with E-state index in [9.17, 15) is 43.2 Å². The lowest BCUT2D eigenvalue weighted by Gasteiger charge is -2.21. The van der Waals surface area contributed by atoms with Gasteiger partial charge in [-0.1, -0.05) is 356 Å². The maximum atomic E-state index is 13.1. The third kappa shape index (κ3) is 72.2. The molecule has 19 heteroatoms. The number of ether oxygens (including phenoxy) is 4. The van der Waals surface area contributed by atoms with Crippen LogP contribution in [0.25, 0.3) is 0 Å². The molecular formula is C78H152O17P2. The third-order valence-corrected chi connectivity index (χ3v) is 20.1. The Hall–Kier alpha value is -1.94. The van der Waals surface area contributed by atoms with E-state index in [1.807, 2.05) is 0 Å². The summed E-state index contributed by atoms with van der Waals surface area (Å²) in [6, 6.07) is 0. The van der Waals surface area contributed by atoms with Gasteiger partial charge < -0.3 is 33.8 Å². The van der Waals surface area contributed by atoms with E-state index < -0.39 is 97.5 Å². The summed E-state index contributed by atoms with van der Waals surface area (Å²) in [6.07, 6.45) is 58.9. The lowest BCUT2D eigenvalue weighted by atomic mass is 10.0. The minimum Gasteiger partial charge on any atom is -0.462 e. The molecule has 0 spiro atoms. The molecule has 97 heavy (non-hydrogen) atoms. The van der Waals surface area contributed by atoms with Gasteiger partial charge >= 0.3 is 39.5 Å². The summed E-state index contributed by atoms with van der Waals surface area (Å²) in [6.45, 7) is 9.50. The van der Waals surface area contributed by atoms with E-state index in [2.05, 4.69) is 41.5 Å². The van der Waals surface area contributed by atoms with Gasteiger partial charge in [0.1, 0.15) is 19.3 Å². The van der Waals surface area contributed by atoms with E-state index in [1.165, 1.54) is 212 Å². The minimum atomic E-state index is -4.96. The van der Waals surface area contributed by atoms with Crippen LogP contribution in [0.1, 0.15) is 408 Å². The SMILES string of the molecule is CCCCCCCCCCCCCCCCCCCCCCC(=O)OC[C@H](COP(=O)(O)OC[C@@H](O)COP(=O)(O)OC[C@@H](COC(=O)CCCCCCCCC)OC(=O)CCCCCCCCC(C)C)OC(=O)CCCCCCCCCCCCCCCCCCCCC(C)C. The van der Waals surface area contributed by atoms with Crippen molar-refractivity contribution in [3.63, 3.8) is 0 Å². The number of hydrogen-bond donors (Lipinski definition) is 3. The Morgan fingerprint density at radius 3 is 0.701 bits per heavy atom. The Morgan fingerprint density at radius 1 is 0.278 bits per heavy atom. The van der Waals surface area contributed by atoms with Gasteiger partial charge in [-0.15, -0.1) is 0 Å². The van der Waals surface area contributed by atoms with Crippen LogP contribution in [0.3, 0.4) is 0 Å². The highest BCUT2D eigenvalue weighted by atomic mass is 31.2. The molecule has 0 aliphatic rings. The summed E-state index contributed by atoms with van der Waals surface area (Å²) in [5, 5.41) is 10.6. The second kappa shape index (κ2) is 69.8. The number of hydrogen-bond acceptors (Lipinski definition) is 15. The first kappa shape index (κ1) is 95.1. The molecule has 2 unspecified atom stereocenters. The van der Waals surface area contributed by atoms with Gasteiger partial charge in [-0.3, -0.25) is 37.3 Å². The minimum absolute atomic E-state index is 0.102. The van der Waals surface area contributed by atoms with Gasteiger partial charge in [0.25, 0.3) is 0 Å². The fraction of sp³-hybridized carbons (Fsp3) is 0.949. The highest BCUT2D eigenvalue weighted by Crippen LogP contribution is 2.45. The van der Waals surface area contributed by atoms with Crippen molar-refractivity contribution in [1.82, 2.24) is 0 Å². The van der Waals surface area contributed by atoms with Crippen LogP contribution in [0.15, 0.2) is 0 Å². The van der Waals surface area contributed by atoms with Gasteiger partial charge in [0.2, 0.25) is 0 Å². The van der Waals surface area contributed by atoms with Gasteiger partial charge in [0, 0.05) is 25.7 Å². The van der Waals surface area contributed by atoms with Crippen molar-refractivity contribution in [2.45, 2.75) is 426 Å². The number of aliphatic hydroxyl groups is 1. The molecule has 0 radical (unpaired) electrons. The van der Waals surface area contributed by atoms with E-state index in [0.29, 0.717) is 31.6 Å². The number of carbonyl (C=O) groups is 4. The van der Waals surface area contributed by atoms with Gasteiger partial charge in [-0.05, 0) is 37.5 Å². The molecule has 0 bridgehead atoms. The Bertz CT molecular complexity index is 1870. The zero-order chi connectivity index (χ0) is 71.4. The van der Waals surface area contributed by atoms with Crippen LogP contribution >= 0.6 is 15.6 Å². The molecule has 0 amide bonds. The predicted molar refractivity (Wildman–Crippen MR) is 395 cm³/mol. The van der Waals surface area contributed by atoms with Crippen LogP contribution in [0, 0.1) is 11.8 Å². The summed E-state index contributed by atoms with van der Waals surface area (Å²) in [5.41, 5.74) is 0. The fourth-order valence-electron chi connectivity index (χ4n) is 12.0. The summed E-state index contributed by atoms with van der Waals surface area (Å²) in [7, 11) is -9.90. The first-order chi connectivity index (χ1) is 46.9. The normalized spacial score (nSPS) is 14.0. The standard InChI is InChI=1S/C78H152O17P2/c1-7-9-11-13-15-16-17-18-19-20-21-22-26-29-32-35-38-42-49-55-61-76(81)89-67-73(94-77(82)62-56-50-43-39-36-33-30-27-24-23-25-28-31-34-37-41-46-52-58-70(3)4)68-92-96(84,85)90-64-72(79)65-91-97(86,87)93-69-74(66-88-75(80)60-54-48-40-14-12-10-8-2)95-78(83)63-57-51-45-44-47-53-59-71(5)6/h70-74,79H,7-69H2,1-6H3,(H,84,85)(H,86,87)/t72-,73-,74-/m1/s1. The zero-order valence-corrected chi connectivity index (χ0v) is 65.2. The van der Waals surface area contributed by atoms with Crippen molar-refractivity contribution in [2.75, 3.05) is 39.6 Å².